The first-order valence-electron chi connectivity index (χ1n) is 10.8. The van der Waals surface area contributed by atoms with Crippen molar-refractivity contribution in [3.63, 3.8) is 0 Å². The fraction of sp³-hybridized carbons (Fsp3) is 0.115. The van der Waals surface area contributed by atoms with Gasteiger partial charge in [0, 0.05) is 23.3 Å². The Morgan fingerprint density at radius 3 is 2.43 bits per heavy atom. The van der Waals surface area contributed by atoms with Gasteiger partial charge in [-0.05, 0) is 55.0 Å². The first-order valence-corrected chi connectivity index (χ1v) is 10.8. The molecule has 3 aromatic carbocycles. The number of imidazole rings is 2. The van der Waals surface area contributed by atoms with E-state index in [4.69, 9.17) is 0 Å². The molecule has 0 atom stereocenters. The standard InChI is InChI=1S/C26H20F3N5O/c1-17-14-33(15-30-17)22-12-19(26(27,28)29)11-20(13-22)32-25(35)10-18-6-8-21(9-7-18)34-16-31-23-4-2-3-5-24(23)34/h2-9,11-16H,10H2,1H3,(H,32,35). The zero-order chi connectivity index (χ0) is 24.6. The average Bonchev–Trinajstić information content (AvgIpc) is 3.45. The number of fused-ring (bicyclic) bond motifs is 1. The van der Waals surface area contributed by atoms with Gasteiger partial charge < -0.3 is 9.88 Å². The maximum atomic E-state index is 13.5. The number of carbonyl (C=O) groups excluding carboxylic acids is 1. The van der Waals surface area contributed by atoms with Gasteiger partial charge in [0.15, 0.2) is 0 Å². The number of rotatable bonds is 5. The molecule has 5 aromatic rings. The van der Waals surface area contributed by atoms with Crippen LogP contribution in [-0.4, -0.2) is 25.0 Å². The first kappa shape index (κ1) is 22.4. The van der Waals surface area contributed by atoms with Crippen LogP contribution < -0.4 is 5.32 Å². The molecule has 0 saturated heterocycles. The largest absolute Gasteiger partial charge is 0.416 e. The quantitative estimate of drug-likeness (QED) is 0.354. The summed E-state index contributed by atoms with van der Waals surface area (Å²) in [5.74, 6) is -0.419. The Morgan fingerprint density at radius 1 is 0.943 bits per heavy atom. The lowest BCUT2D eigenvalue weighted by Crippen LogP contribution is -2.16. The lowest BCUT2D eigenvalue weighted by Gasteiger charge is -2.14. The minimum atomic E-state index is -4.56. The molecule has 2 aromatic heterocycles. The summed E-state index contributed by atoms with van der Waals surface area (Å²) in [5.41, 5.74) is 3.59. The number of carbonyl (C=O) groups is 1. The fourth-order valence-corrected chi connectivity index (χ4v) is 3.89. The van der Waals surface area contributed by atoms with Gasteiger partial charge in [0.05, 0.1) is 35.0 Å². The number of alkyl halides is 3. The van der Waals surface area contributed by atoms with E-state index in [2.05, 4.69) is 15.3 Å². The van der Waals surface area contributed by atoms with Crippen LogP contribution in [0.4, 0.5) is 18.9 Å². The number of aromatic nitrogens is 4. The summed E-state index contributed by atoms with van der Waals surface area (Å²) < 4.78 is 43.8. The van der Waals surface area contributed by atoms with Gasteiger partial charge in [-0.1, -0.05) is 24.3 Å². The highest BCUT2D eigenvalue weighted by Gasteiger charge is 2.31. The molecule has 0 aliphatic carbocycles. The van der Waals surface area contributed by atoms with Crippen molar-refractivity contribution in [3.8, 4) is 11.4 Å². The van der Waals surface area contributed by atoms with Crippen molar-refractivity contribution in [2.45, 2.75) is 19.5 Å². The molecule has 35 heavy (non-hydrogen) atoms. The Kier molecular flexibility index (Phi) is 5.60. The predicted octanol–water partition coefficient (Wildman–Crippen LogP) is 5.72. The van der Waals surface area contributed by atoms with Gasteiger partial charge in [-0.15, -0.1) is 0 Å². The van der Waals surface area contributed by atoms with Gasteiger partial charge in [-0.2, -0.15) is 13.2 Å². The Labute approximate surface area is 198 Å². The molecule has 0 bridgehead atoms. The van der Waals surface area contributed by atoms with Crippen LogP contribution in [0.3, 0.4) is 0 Å². The van der Waals surface area contributed by atoms with Crippen LogP contribution in [0.5, 0.6) is 0 Å². The van der Waals surface area contributed by atoms with E-state index >= 15 is 0 Å². The number of nitrogens with one attached hydrogen (secondary N) is 1. The second-order valence-electron chi connectivity index (χ2n) is 8.18. The SMILES string of the molecule is Cc1cn(-c2cc(NC(=O)Cc3ccc(-n4cnc5ccccc54)cc3)cc(C(F)(F)F)c2)cn1. The lowest BCUT2D eigenvalue weighted by molar-refractivity contribution is -0.137. The molecule has 9 heteroatoms. The Hall–Kier alpha value is -4.40. The third kappa shape index (κ3) is 4.79. The summed E-state index contributed by atoms with van der Waals surface area (Å²) in [6, 6.07) is 18.6. The maximum absolute atomic E-state index is 13.5. The van der Waals surface area contributed by atoms with E-state index in [0.717, 1.165) is 34.4 Å². The average molecular weight is 475 g/mol. The lowest BCUT2D eigenvalue weighted by atomic mass is 10.1. The third-order valence-corrected chi connectivity index (χ3v) is 5.57. The zero-order valence-electron chi connectivity index (χ0n) is 18.6. The highest BCUT2D eigenvalue weighted by molar-refractivity contribution is 5.92. The number of halogens is 3. The third-order valence-electron chi connectivity index (χ3n) is 5.57. The van der Waals surface area contributed by atoms with Crippen LogP contribution >= 0.6 is 0 Å². The van der Waals surface area contributed by atoms with Gasteiger partial charge in [-0.25, -0.2) is 9.97 Å². The first-order chi connectivity index (χ1) is 16.8. The number of benzene rings is 3. The van der Waals surface area contributed by atoms with Crippen molar-refractivity contribution < 1.29 is 18.0 Å². The number of para-hydroxylation sites is 2. The monoisotopic (exact) mass is 475 g/mol. The summed E-state index contributed by atoms with van der Waals surface area (Å²) in [7, 11) is 0. The van der Waals surface area contributed by atoms with Crippen LogP contribution in [0.25, 0.3) is 22.4 Å². The number of aryl methyl sites for hydroxylation is 1. The molecule has 0 saturated carbocycles. The van der Waals surface area contributed by atoms with E-state index in [0.29, 0.717) is 5.69 Å². The molecule has 0 aliphatic rings. The number of nitrogens with zero attached hydrogens (tertiary/aromatic N) is 4. The van der Waals surface area contributed by atoms with Crippen molar-refractivity contribution in [2.24, 2.45) is 0 Å². The van der Waals surface area contributed by atoms with Gasteiger partial charge >= 0.3 is 6.18 Å². The van der Waals surface area contributed by atoms with Crippen molar-refractivity contribution in [1.82, 2.24) is 19.1 Å². The van der Waals surface area contributed by atoms with Gasteiger partial charge in [0.1, 0.15) is 6.33 Å². The molecule has 6 nitrogen and oxygen atoms in total. The number of amides is 1. The van der Waals surface area contributed by atoms with E-state index < -0.39 is 17.6 Å². The predicted molar refractivity (Wildman–Crippen MR) is 127 cm³/mol. The summed E-state index contributed by atoms with van der Waals surface area (Å²) in [6.07, 6.45) is 0.242. The molecule has 0 fully saturated rings. The van der Waals surface area contributed by atoms with Crippen LogP contribution in [-0.2, 0) is 17.4 Å². The molecule has 1 amide bonds. The number of hydrogen-bond donors (Lipinski definition) is 1. The van der Waals surface area contributed by atoms with Crippen molar-refractivity contribution in [3.05, 3.63) is 102 Å². The van der Waals surface area contributed by atoms with Crippen molar-refractivity contribution in [1.29, 1.82) is 0 Å². The number of hydrogen-bond acceptors (Lipinski definition) is 3. The molecule has 176 valence electrons. The molecule has 1 N–H and O–H groups in total. The van der Waals surface area contributed by atoms with Crippen LogP contribution in [0.1, 0.15) is 16.8 Å². The fourth-order valence-electron chi connectivity index (χ4n) is 3.89. The summed E-state index contributed by atoms with van der Waals surface area (Å²) in [6.45, 7) is 1.74. The summed E-state index contributed by atoms with van der Waals surface area (Å²) in [4.78, 5) is 21.1. The molecule has 2 heterocycles. The van der Waals surface area contributed by atoms with Gasteiger partial charge in [0.25, 0.3) is 0 Å². The smallest absolute Gasteiger partial charge is 0.326 e. The van der Waals surface area contributed by atoms with E-state index in [9.17, 15) is 18.0 Å². The zero-order valence-corrected chi connectivity index (χ0v) is 18.6. The molecular weight excluding hydrogens is 455 g/mol. The topological polar surface area (TPSA) is 64.7 Å². The summed E-state index contributed by atoms with van der Waals surface area (Å²) >= 11 is 0. The number of anilines is 1. The molecule has 0 radical (unpaired) electrons. The van der Waals surface area contributed by atoms with Crippen LogP contribution in [0.15, 0.2) is 85.6 Å². The molecular formula is C26H20F3N5O. The van der Waals surface area contributed by atoms with E-state index in [1.54, 1.807) is 19.4 Å². The Balaban J connectivity index is 1.34. The van der Waals surface area contributed by atoms with E-state index in [1.807, 2.05) is 53.1 Å². The van der Waals surface area contributed by atoms with E-state index in [1.165, 1.54) is 17.0 Å². The minimum absolute atomic E-state index is 0.0146. The van der Waals surface area contributed by atoms with Crippen LogP contribution in [0, 0.1) is 6.92 Å². The minimum Gasteiger partial charge on any atom is -0.326 e. The Morgan fingerprint density at radius 2 is 1.71 bits per heavy atom. The van der Waals surface area contributed by atoms with Crippen molar-refractivity contribution in [2.75, 3.05) is 5.32 Å². The molecule has 5 rings (SSSR count). The molecule has 0 spiro atoms. The second kappa shape index (κ2) is 8.75. The van der Waals surface area contributed by atoms with Crippen molar-refractivity contribution >= 4 is 22.6 Å². The second-order valence-corrected chi connectivity index (χ2v) is 8.18. The van der Waals surface area contributed by atoms with Crippen LogP contribution in [0.2, 0.25) is 0 Å². The highest BCUT2D eigenvalue weighted by Crippen LogP contribution is 2.33. The highest BCUT2D eigenvalue weighted by atomic mass is 19.4. The normalized spacial score (nSPS) is 11.7. The van der Waals surface area contributed by atoms with Gasteiger partial charge in [0.2, 0.25) is 5.91 Å². The summed E-state index contributed by atoms with van der Waals surface area (Å²) in [5, 5.41) is 2.60. The Bertz CT molecular complexity index is 1520. The van der Waals surface area contributed by atoms with E-state index in [-0.39, 0.29) is 17.8 Å². The van der Waals surface area contributed by atoms with Gasteiger partial charge in [-0.3, -0.25) is 9.36 Å². The maximum Gasteiger partial charge on any atom is 0.416 e. The molecule has 0 unspecified atom stereocenters. The molecule has 0 aliphatic heterocycles.